The van der Waals surface area contributed by atoms with E-state index in [1.54, 1.807) is 13.1 Å². The minimum Gasteiger partial charge on any atom is -0.459 e. The number of likely N-dealkylation sites (tertiary alicyclic amines) is 1. The van der Waals surface area contributed by atoms with Gasteiger partial charge in [0.05, 0.1) is 18.1 Å². The smallest absolute Gasteiger partial charge is 0.287 e. The molecule has 4 unspecified atom stereocenters. The molecule has 2 bridgehead atoms. The molecule has 2 aliphatic carbocycles. The number of amides is 3. The maximum Gasteiger partial charge on any atom is 0.287 e. The zero-order chi connectivity index (χ0) is 22.0. The molecule has 2 heterocycles. The molecule has 3 amide bonds. The van der Waals surface area contributed by atoms with Crippen molar-refractivity contribution >= 4 is 23.7 Å². The summed E-state index contributed by atoms with van der Waals surface area (Å²) in [5, 5.41) is 9.13. The number of imide groups is 1. The SMILES string of the molecule is CN=C(NCCCNC(=O)c1occc1C)NCCN1C(=O)C2C3C=CC(C3)C2C1=O. The van der Waals surface area contributed by atoms with Crippen LogP contribution in [0.25, 0.3) is 0 Å². The molecule has 0 spiro atoms. The number of hydrogen-bond acceptors (Lipinski definition) is 5. The first-order valence-electron chi connectivity index (χ1n) is 10.8. The summed E-state index contributed by atoms with van der Waals surface area (Å²) in [5.74, 6) is 0.808. The number of carbonyl (C=O) groups is 3. The van der Waals surface area contributed by atoms with Gasteiger partial charge in [-0.25, -0.2) is 0 Å². The Hall–Kier alpha value is -3.10. The van der Waals surface area contributed by atoms with Crippen LogP contribution in [-0.2, 0) is 9.59 Å². The zero-order valence-electron chi connectivity index (χ0n) is 17.9. The molecule has 1 saturated carbocycles. The van der Waals surface area contributed by atoms with Gasteiger partial charge in [-0.1, -0.05) is 12.2 Å². The molecular weight excluding hydrogens is 398 g/mol. The molecular formula is C22H29N5O4. The molecule has 4 rings (SSSR count). The average molecular weight is 428 g/mol. The van der Waals surface area contributed by atoms with Gasteiger partial charge in [0, 0.05) is 38.8 Å². The molecule has 0 aromatic carbocycles. The molecule has 1 aromatic rings. The summed E-state index contributed by atoms with van der Waals surface area (Å²) in [5.41, 5.74) is 0.808. The maximum atomic E-state index is 12.7. The first-order valence-corrected chi connectivity index (χ1v) is 10.8. The van der Waals surface area contributed by atoms with Gasteiger partial charge >= 0.3 is 0 Å². The molecule has 9 heteroatoms. The van der Waals surface area contributed by atoms with E-state index in [1.807, 2.05) is 6.92 Å². The van der Waals surface area contributed by atoms with Crippen molar-refractivity contribution in [2.75, 3.05) is 33.2 Å². The van der Waals surface area contributed by atoms with Crippen molar-refractivity contribution < 1.29 is 18.8 Å². The van der Waals surface area contributed by atoms with Crippen molar-refractivity contribution in [3.63, 3.8) is 0 Å². The van der Waals surface area contributed by atoms with Gasteiger partial charge in [0.15, 0.2) is 11.7 Å². The Morgan fingerprint density at radius 3 is 2.35 bits per heavy atom. The van der Waals surface area contributed by atoms with Crippen LogP contribution in [0, 0.1) is 30.6 Å². The van der Waals surface area contributed by atoms with Gasteiger partial charge < -0.3 is 20.4 Å². The summed E-state index contributed by atoms with van der Waals surface area (Å²) >= 11 is 0. The van der Waals surface area contributed by atoms with Crippen LogP contribution in [0.2, 0.25) is 0 Å². The number of fused-ring (bicyclic) bond motifs is 5. The van der Waals surface area contributed by atoms with Crippen LogP contribution in [0.4, 0.5) is 0 Å². The first-order chi connectivity index (χ1) is 15.0. The first kappa shape index (κ1) is 21.1. The van der Waals surface area contributed by atoms with E-state index in [4.69, 9.17) is 4.42 Å². The van der Waals surface area contributed by atoms with Crippen LogP contribution >= 0.6 is 0 Å². The lowest BCUT2D eigenvalue weighted by Gasteiger charge is -2.18. The van der Waals surface area contributed by atoms with Gasteiger partial charge in [-0.15, -0.1) is 0 Å². The second-order valence-corrected chi connectivity index (χ2v) is 8.30. The minimum absolute atomic E-state index is 0.0286. The third kappa shape index (κ3) is 4.08. The van der Waals surface area contributed by atoms with Crippen LogP contribution in [0.15, 0.2) is 33.9 Å². The van der Waals surface area contributed by atoms with E-state index in [0.717, 1.165) is 12.0 Å². The monoisotopic (exact) mass is 427 g/mol. The van der Waals surface area contributed by atoms with Crippen molar-refractivity contribution in [1.82, 2.24) is 20.9 Å². The van der Waals surface area contributed by atoms with E-state index in [9.17, 15) is 14.4 Å². The van der Waals surface area contributed by atoms with Gasteiger partial charge in [0.25, 0.3) is 5.91 Å². The summed E-state index contributed by atoms with van der Waals surface area (Å²) < 4.78 is 5.17. The Balaban J connectivity index is 1.14. The second kappa shape index (κ2) is 8.95. The number of allylic oxidation sites excluding steroid dienone is 2. The van der Waals surface area contributed by atoms with Gasteiger partial charge in [-0.05, 0) is 37.7 Å². The van der Waals surface area contributed by atoms with Crippen LogP contribution in [-0.4, -0.2) is 61.8 Å². The lowest BCUT2D eigenvalue weighted by atomic mass is 9.85. The van der Waals surface area contributed by atoms with Crippen molar-refractivity contribution in [3.05, 3.63) is 35.8 Å². The van der Waals surface area contributed by atoms with Crippen molar-refractivity contribution in [2.45, 2.75) is 19.8 Å². The van der Waals surface area contributed by atoms with Gasteiger partial charge in [0.2, 0.25) is 11.8 Å². The Labute approximate surface area is 181 Å². The molecule has 1 saturated heterocycles. The van der Waals surface area contributed by atoms with Crippen molar-refractivity contribution in [2.24, 2.45) is 28.7 Å². The predicted molar refractivity (Wildman–Crippen MR) is 114 cm³/mol. The summed E-state index contributed by atoms with van der Waals surface area (Å²) in [4.78, 5) is 43.0. The zero-order valence-corrected chi connectivity index (χ0v) is 17.9. The molecule has 1 aromatic heterocycles. The number of carbonyl (C=O) groups excluding carboxylic acids is 3. The maximum absolute atomic E-state index is 12.7. The minimum atomic E-state index is -0.224. The van der Waals surface area contributed by atoms with E-state index in [0.29, 0.717) is 44.3 Å². The fraction of sp³-hybridized carbons (Fsp3) is 0.545. The highest BCUT2D eigenvalue weighted by Gasteiger charge is 2.58. The van der Waals surface area contributed by atoms with E-state index < -0.39 is 0 Å². The van der Waals surface area contributed by atoms with Crippen LogP contribution in [0.5, 0.6) is 0 Å². The highest BCUT2D eigenvalue weighted by atomic mass is 16.3. The average Bonchev–Trinajstić information content (AvgIpc) is 3.53. The molecule has 0 radical (unpaired) electrons. The molecule has 3 N–H and O–H groups in total. The molecule has 2 fully saturated rings. The number of aryl methyl sites for hydroxylation is 1. The highest BCUT2D eigenvalue weighted by Crippen LogP contribution is 2.52. The topological polar surface area (TPSA) is 116 Å². The van der Waals surface area contributed by atoms with E-state index in [2.05, 4.69) is 33.1 Å². The number of nitrogens with zero attached hydrogens (tertiary/aromatic N) is 2. The number of hydrogen-bond donors (Lipinski definition) is 3. The Morgan fingerprint density at radius 2 is 1.74 bits per heavy atom. The predicted octanol–water partition coefficient (Wildman–Crippen LogP) is 0.680. The number of rotatable bonds is 8. The van der Waals surface area contributed by atoms with Gasteiger partial charge in [0.1, 0.15) is 0 Å². The Morgan fingerprint density at radius 1 is 1.10 bits per heavy atom. The van der Waals surface area contributed by atoms with Crippen LogP contribution in [0.3, 0.4) is 0 Å². The Bertz CT molecular complexity index is 891. The third-order valence-electron chi connectivity index (χ3n) is 6.41. The standard InChI is InChI=1S/C22H29N5O4/c1-13-6-11-31-18(13)19(28)24-7-3-8-25-22(23-2)26-9-10-27-20(29)16-14-4-5-15(12-14)17(16)21(27)30/h4-6,11,14-17H,3,7-10,12H2,1-2H3,(H,24,28)(H2,23,25,26). The molecule has 3 aliphatic rings. The van der Waals surface area contributed by atoms with Crippen molar-refractivity contribution in [3.8, 4) is 0 Å². The normalized spacial score (nSPS) is 26.5. The van der Waals surface area contributed by atoms with E-state index in [1.165, 1.54) is 11.2 Å². The number of furan rings is 1. The second-order valence-electron chi connectivity index (χ2n) is 8.30. The molecule has 4 atom stereocenters. The Kier molecular flexibility index (Phi) is 6.11. The van der Waals surface area contributed by atoms with E-state index in [-0.39, 0.29) is 41.4 Å². The number of aliphatic imine (C=N–C) groups is 1. The van der Waals surface area contributed by atoms with Crippen LogP contribution in [0.1, 0.15) is 29.0 Å². The summed E-state index contributed by atoms with van der Waals surface area (Å²) in [7, 11) is 1.66. The fourth-order valence-electron chi connectivity index (χ4n) is 4.87. The summed E-state index contributed by atoms with van der Waals surface area (Å²) in [6, 6.07) is 1.75. The lowest BCUT2D eigenvalue weighted by Crippen LogP contribution is -2.44. The van der Waals surface area contributed by atoms with Gasteiger partial charge in [-0.3, -0.25) is 24.3 Å². The quantitative estimate of drug-likeness (QED) is 0.185. The molecule has 9 nitrogen and oxygen atoms in total. The largest absolute Gasteiger partial charge is 0.459 e. The highest BCUT2D eigenvalue weighted by molar-refractivity contribution is 6.06. The number of nitrogens with one attached hydrogen (secondary N) is 3. The fourth-order valence-corrected chi connectivity index (χ4v) is 4.87. The third-order valence-corrected chi connectivity index (χ3v) is 6.41. The summed E-state index contributed by atoms with van der Waals surface area (Å²) in [6.45, 7) is 3.71. The number of guanidine groups is 1. The molecule has 1 aliphatic heterocycles. The lowest BCUT2D eigenvalue weighted by molar-refractivity contribution is -0.140. The molecule has 166 valence electrons. The van der Waals surface area contributed by atoms with Crippen molar-refractivity contribution in [1.29, 1.82) is 0 Å². The van der Waals surface area contributed by atoms with E-state index >= 15 is 0 Å². The molecule has 31 heavy (non-hydrogen) atoms. The summed E-state index contributed by atoms with van der Waals surface area (Å²) in [6.07, 6.45) is 7.34. The van der Waals surface area contributed by atoms with Gasteiger partial charge in [-0.2, -0.15) is 0 Å². The van der Waals surface area contributed by atoms with Crippen LogP contribution < -0.4 is 16.0 Å².